The highest BCUT2D eigenvalue weighted by molar-refractivity contribution is 6.06. The van der Waals surface area contributed by atoms with Crippen molar-refractivity contribution in [1.29, 1.82) is 0 Å². The van der Waals surface area contributed by atoms with Gasteiger partial charge in [0.15, 0.2) is 0 Å². The number of carbonyl (C=O) groups excluding carboxylic acids is 2. The van der Waals surface area contributed by atoms with E-state index in [-0.39, 0.29) is 17.6 Å². The molecular weight excluding hydrogens is 748 g/mol. The highest BCUT2D eigenvalue weighted by atomic mass is 19.1. The van der Waals surface area contributed by atoms with Gasteiger partial charge in [-0.1, -0.05) is 27.7 Å². The Balaban J connectivity index is 0.000000234. The predicted molar refractivity (Wildman–Crippen MR) is 233 cm³/mol. The zero-order chi connectivity index (χ0) is 42.4. The Kier molecular flexibility index (Phi) is 18.8. The molecule has 0 fully saturated rings. The van der Waals surface area contributed by atoms with Gasteiger partial charge in [0, 0.05) is 79.2 Å². The van der Waals surface area contributed by atoms with Crippen molar-refractivity contribution in [3.8, 4) is 17.2 Å². The summed E-state index contributed by atoms with van der Waals surface area (Å²) in [6.07, 6.45) is 10.4. The lowest BCUT2D eigenvalue weighted by atomic mass is 10.1. The molecule has 2 amide bonds. The van der Waals surface area contributed by atoms with Crippen LogP contribution in [0.3, 0.4) is 0 Å². The molecule has 0 spiro atoms. The number of aromatic amines is 1. The third kappa shape index (κ3) is 13.9. The predicted octanol–water partition coefficient (Wildman–Crippen LogP) is 8.10. The molecule has 0 aliphatic carbocycles. The van der Waals surface area contributed by atoms with Gasteiger partial charge >= 0.3 is 0 Å². The summed E-state index contributed by atoms with van der Waals surface area (Å²) in [5.74, 6) is 1.00. The highest BCUT2D eigenvalue weighted by Crippen LogP contribution is 2.23. The van der Waals surface area contributed by atoms with Crippen molar-refractivity contribution >= 4 is 23.2 Å². The van der Waals surface area contributed by atoms with Crippen molar-refractivity contribution in [2.45, 2.75) is 27.7 Å². The summed E-state index contributed by atoms with van der Waals surface area (Å²) in [6.45, 7) is 15.0. The Bertz CT molecular complexity index is 2020. The van der Waals surface area contributed by atoms with E-state index in [2.05, 4.69) is 52.4 Å². The van der Waals surface area contributed by atoms with Crippen molar-refractivity contribution in [2.24, 2.45) is 0 Å². The number of hydrogen-bond donors (Lipinski definition) is 1. The normalized spacial score (nSPS) is 10.6. The maximum Gasteiger partial charge on any atom is 0.258 e. The summed E-state index contributed by atoms with van der Waals surface area (Å²) in [5, 5.41) is 0. The van der Waals surface area contributed by atoms with Gasteiger partial charge in [0.1, 0.15) is 17.3 Å². The standard InChI is InChI=1S/C23H28N4O2.C20H25FN2O2.C3H4N2/c1-4-25(5-2)16-17-27(21-10-12-22(29-3)13-11-21)23(28)19-6-8-20(9-7-19)26-15-14-24-18-26;1-4-22(5-2)14-15-23(18-10-12-19(25-3)13-11-18)20(24)16-6-8-17(21)9-7-16;1-2-5-3-4-1/h6-15,18H,4-5,16-17H2,1-3H3;6-13H,4-5,14-15H2,1-3H3;1-3H,(H,4,5). The summed E-state index contributed by atoms with van der Waals surface area (Å²) >= 11 is 0. The number of rotatable bonds is 17. The number of nitrogens with one attached hydrogen (secondary N) is 1. The van der Waals surface area contributed by atoms with E-state index in [4.69, 9.17) is 9.47 Å². The number of benzene rings is 4. The average molecular weight is 805 g/mol. The lowest BCUT2D eigenvalue weighted by molar-refractivity contribution is 0.0976. The van der Waals surface area contributed by atoms with Crippen LogP contribution in [0.15, 0.2) is 135 Å². The average Bonchev–Trinajstić information content (AvgIpc) is 4.07. The minimum atomic E-state index is -0.351. The number of aromatic nitrogens is 4. The lowest BCUT2D eigenvalue weighted by Gasteiger charge is -2.27. The number of likely N-dealkylation sites (N-methyl/N-ethyl adjacent to an activating group) is 2. The fourth-order valence-corrected chi connectivity index (χ4v) is 6.09. The second-order valence-corrected chi connectivity index (χ2v) is 13.1. The van der Waals surface area contributed by atoms with Crippen LogP contribution >= 0.6 is 0 Å². The van der Waals surface area contributed by atoms with Crippen LogP contribution in [0.5, 0.6) is 11.5 Å². The Labute approximate surface area is 347 Å². The molecule has 1 N–H and O–H groups in total. The van der Waals surface area contributed by atoms with Crippen LogP contribution in [0.1, 0.15) is 48.4 Å². The molecule has 2 aromatic heterocycles. The fraction of sp³-hybridized carbons (Fsp3) is 0.304. The Morgan fingerprint density at radius 3 is 1.41 bits per heavy atom. The van der Waals surface area contributed by atoms with Gasteiger partial charge in [0.05, 0.1) is 26.9 Å². The first-order valence-corrected chi connectivity index (χ1v) is 19.9. The van der Waals surface area contributed by atoms with Crippen LogP contribution in [0.25, 0.3) is 5.69 Å². The minimum absolute atomic E-state index is 0.0143. The SMILES string of the molecule is CCN(CC)CCN(C(=O)c1ccc(-n2ccnc2)cc1)c1ccc(OC)cc1.CCN(CC)CCN(C(=O)c1ccc(F)cc1)c1ccc(OC)cc1.c1c[nH]cn1. The van der Waals surface area contributed by atoms with Crippen LogP contribution in [0, 0.1) is 5.82 Å². The van der Waals surface area contributed by atoms with Crippen LogP contribution in [-0.2, 0) is 0 Å². The maximum absolute atomic E-state index is 13.3. The summed E-state index contributed by atoms with van der Waals surface area (Å²) in [5.41, 5.74) is 3.75. The van der Waals surface area contributed by atoms with Crippen molar-refractivity contribution in [1.82, 2.24) is 29.3 Å². The molecule has 12 nitrogen and oxygen atoms in total. The molecule has 2 heterocycles. The minimum Gasteiger partial charge on any atom is -0.497 e. The molecule has 0 aliphatic heterocycles. The quantitative estimate of drug-likeness (QED) is 0.0985. The molecule has 0 saturated carbocycles. The van der Waals surface area contributed by atoms with Crippen molar-refractivity contribution in [2.75, 3.05) is 76.4 Å². The fourth-order valence-electron chi connectivity index (χ4n) is 6.09. The molecule has 0 saturated heterocycles. The van der Waals surface area contributed by atoms with Gasteiger partial charge in [0.2, 0.25) is 0 Å². The van der Waals surface area contributed by atoms with Gasteiger partial charge in [-0.25, -0.2) is 14.4 Å². The van der Waals surface area contributed by atoms with E-state index in [1.54, 1.807) is 50.4 Å². The highest BCUT2D eigenvalue weighted by Gasteiger charge is 2.20. The zero-order valence-corrected chi connectivity index (χ0v) is 35.0. The number of ether oxygens (including phenoxy) is 2. The number of imidazole rings is 2. The molecule has 59 heavy (non-hydrogen) atoms. The molecule has 13 heteroatoms. The number of methoxy groups -OCH3 is 2. The molecule has 0 radical (unpaired) electrons. The van der Waals surface area contributed by atoms with Crippen LogP contribution in [0.4, 0.5) is 15.8 Å². The van der Waals surface area contributed by atoms with Gasteiger partial charge in [-0.3, -0.25) is 9.59 Å². The zero-order valence-electron chi connectivity index (χ0n) is 35.0. The molecule has 0 unspecified atom stereocenters. The third-order valence-electron chi connectivity index (χ3n) is 9.74. The first-order valence-electron chi connectivity index (χ1n) is 19.9. The summed E-state index contributed by atoms with van der Waals surface area (Å²) in [7, 11) is 3.25. The molecule has 312 valence electrons. The smallest absolute Gasteiger partial charge is 0.258 e. The van der Waals surface area contributed by atoms with Crippen molar-refractivity contribution in [3.05, 3.63) is 151 Å². The first-order chi connectivity index (χ1) is 28.7. The summed E-state index contributed by atoms with van der Waals surface area (Å²) in [6, 6.07) is 28.3. The molecule has 0 aliphatic rings. The first kappa shape index (κ1) is 45.4. The van der Waals surface area contributed by atoms with E-state index in [9.17, 15) is 14.0 Å². The second-order valence-electron chi connectivity index (χ2n) is 13.1. The van der Waals surface area contributed by atoms with Gasteiger partial charge in [-0.15, -0.1) is 0 Å². The number of nitrogens with zero attached hydrogens (tertiary/aromatic N) is 7. The third-order valence-corrected chi connectivity index (χ3v) is 9.74. The van der Waals surface area contributed by atoms with Crippen molar-refractivity contribution in [3.63, 3.8) is 0 Å². The van der Waals surface area contributed by atoms with Gasteiger partial charge in [-0.05, 0) is 123 Å². The summed E-state index contributed by atoms with van der Waals surface area (Å²) < 4.78 is 25.5. The van der Waals surface area contributed by atoms with Gasteiger partial charge in [0.25, 0.3) is 11.8 Å². The van der Waals surface area contributed by atoms with Crippen LogP contribution < -0.4 is 19.3 Å². The number of H-pyrrole nitrogens is 1. The number of amides is 2. The number of anilines is 2. The molecule has 0 bridgehead atoms. The van der Waals surface area contributed by atoms with Gasteiger partial charge in [-0.2, -0.15) is 0 Å². The topological polar surface area (TPSA) is 112 Å². The largest absolute Gasteiger partial charge is 0.497 e. The molecule has 6 aromatic rings. The Morgan fingerprint density at radius 1 is 0.610 bits per heavy atom. The molecule has 0 atom stereocenters. The second kappa shape index (κ2) is 24.5. The van der Waals surface area contributed by atoms with Crippen LogP contribution in [0.2, 0.25) is 0 Å². The summed E-state index contributed by atoms with van der Waals surface area (Å²) in [4.78, 5) is 44.9. The molecule has 4 aromatic carbocycles. The molecular formula is C46H57FN8O4. The van der Waals surface area contributed by atoms with Crippen LogP contribution in [-0.4, -0.2) is 108 Å². The van der Waals surface area contributed by atoms with E-state index in [1.165, 1.54) is 24.3 Å². The van der Waals surface area contributed by atoms with E-state index in [1.807, 2.05) is 88.5 Å². The number of hydrogen-bond acceptors (Lipinski definition) is 8. The van der Waals surface area contributed by atoms with E-state index >= 15 is 0 Å². The van der Waals surface area contributed by atoms with Crippen molar-refractivity contribution < 1.29 is 23.5 Å². The van der Waals surface area contributed by atoms with E-state index in [0.717, 1.165) is 67.8 Å². The number of carbonyl (C=O) groups is 2. The monoisotopic (exact) mass is 804 g/mol. The maximum atomic E-state index is 13.3. The van der Waals surface area contributed by atoms with E-state index < -0.39 is 0 Å². The Morgan fingerprint density at radius 2 is 1.07 bits per heavy atom. The molecule has 6 rings (SSSR count). The Hall–Kier alpha value is -6.31. The lowest BCUT2D eigenvalue weighted by Crippen LogP contribution is -2.38. The number of halogens is 1. The van der Waals surface area contributed by atoms with E-state index in [0.29, 0.717) is 24.2 Å². The van der Waals surface area contributed by atoms with Gasteiger partial charge < -0.3 is 38.6 Å².